The number of hydrogen-bond donors (Lipinski definition) is 0. The van der Waals surface area contributed by atoms with E-state index in [1.165, 1.54) is 6.07 Å². The number of aromatic nitrogens is 3. The molecule has 2 aromatic heterocycles. The zero-order valence-electron chi connectivity index (χ0n) is 21.8. The van der Waals surface area contributed by atoms with Crippen LogP contribution in [0, 0.1) is 0 Å². The van der Waals surface area contributed by atoms with E-state index >= 15 is 0 Å². The highest BCUT2D eigenvalue weighted by Gasteiger charge is 2.56. The number of pyridine rings is 1. The van der Waals surface area contributed by atoms with Gasteiger partial charge in [-0.25, -0.2) is 9.48 Å². The van der Waals surface area contributed by atoms with Crippen LogP contribution in [-0.2, 0) is 10.2 Å². The maximum absolute atomic E-state index is 14.1. The summed E-state index contributed by atoms with van der Waals surface area (Å²) in [6.45, 7) is 4.85. The number of nitrogens with zero attached hydrogens (tertiary/aromatic N) is 4. The molecular formula is C30H28N4O5. The first-order chi connectivity index (χ1) is 19.0. The zero-order chi connectivity index (χ0) is 27.1. The first-order valence-corrected chi connectivity index (χ1v) is 13.1. The minimum atomic E-state index is -0.524. The van der Waals surface area contributed by atoms with Crippen LogP contribution >= 0.6 is 0 Å². The Morgan fingerprint density at radius 1 is 0.897 bits per heavy atom. The maximum Gasteiger partial charge on any atom is 0.359 e. The molecule has 0 bridgehead atoms. The van der Waals surface area contributed by atoms with Crippen molar-refractivity contribution >= 4 is 17.6 Å². The van der Waals surface area contributed by atoms with Gasteiger partial charge in [0.15, 0.2) is 5.69 Å². The highest BCUT2D eigenvalue weighted by Crippen LogP contribution is 2.54. The molecule has 2 aliphatic rings. The average molecular weight is 525 g/mol. The summed E-state index contributed by atoms with van der Waals surface area (Å²) in [7, 11) is 0. The lowest BCUT2D eigenvalue weighted by Gasteiger charge is -2.33. The summed E-state index contributed by atoms with van der Waals surface area (Å²) in [5.74, 6) is -0.0650. The van der Waals surface area contributed by atoms with E-state index in [0.29, 0.717) is 47.2 Å². The van der Waals surface area contributed by atoms with Crippen LogP contribution in [-0.4, -0.2) is 46.0 Å². The second kappa shape index (κ2) is 9.58. The van der Waals surface area contributed by atoms with E-state index in [9.17, 15) is 14.4 Å². The van der Waals surface area contributed by atoms with Gasteiger partial charge in [-0.05, 0) is 81.3 Å². The Bertz CT molecular complexity index is 1610. The summed E-state index contributed by atoms with van der Waals surface area (Å²) < 4.78 is 14.0. The molecule has 0 atom stereocenters. The van der Waals surface area contributed by atoms with Gasteiger partial charge in [0.2, 0.25) is 0 Å². The lowest BCUT2D eigenvalue weighted by atomic mass is 9.88. The van der Waals surface area contributed by atoms with Crippen LogP contribution in [0.25, 0.3) is 11.4 Å². The van der Waals surface area contributed by atoms with Gasteiger partial charge in [-0.3, -0.25) is 14.2 Å². The van der Waals surface area contributed by atoms with Crippen molar-refractivity contribution in [3.8, 4) is 17.1 Å². The Morgan fingerprint density at radius 2 is 1.59 bits per heavy atom. The quantitative estimate of drug-likeness (QED) is 0.335. The predicted octanol–water partition coefficient (Wildman–Crippen LogP) is 4.29. The predicted molar refractivity (Wildman–Crippen MR) is 145 cm³/mol. The molecule has 0 saturated heterocycles. The van der Waals surface area contributed by atoms with Crippen molar-refractivity contribution in [2.45, 2.75) is 32.1 Å². The van der Waals surface area contributed by atoms with Gasteiger partial charge >= 0.3 is 5.97 Å². The van der Waals surface area contributed by atoms with Crippen molar-refractivity contribution in [3.05, 3.63) is 100 Å². The smallest absolute Gasteiger partial charge is 0.359 e. The Balaban J connectivity index is 1.44. The molecular weight excluding hydrogens is 496 g/mol. The third kappa shape index (κ3) is 4.20. The minimum absolute atomic E-state index is 0.133. The van der Waals surface area contributed by atoms with E-state index in [1.54, 1.807) is 39.4 Å². The summed E-state index contributed by atoms with van der Waals surface area (Å²) in [5.41, 5.74) is 2.80. The van der Waals surface area contributed by atoms with Crippen LogP contribution in [0.4, 0.5) is 5.69 Å². The topological polar surface area (TPSA) is 95.7 Å². The molecule has 1 aliphatic heterocycles. The van der Waals surface area contributed by atoms with Gasteiger partial charge in [-0.15, -0.1) is 0 Å². The second-order valence-corrected chi connectivity index (χ2v) is 9.73. The number of amides is 1. The molecule has 6 rings (SSSR count). The van der Waals surface area contributed by atoms with Gasteiger partial charge in [0, 0.05) is 41.2 Å². The van der Waals surface area contributed by atoms with E-state index in [0.717, 1.165) is 12.8 Å². The molecule has 1 fully saturated rings. The monoisotopic (exact) mass is 524 g/mol. The lowest BCUT2D eigenvalue weighted by Crippen LogP contribution is -2.44. The Kier molecular flexibility index (Phi) is 6.06. The highest BCUT2D eigenvalue weighted by atomic mass is 16.5. The zero-order valence-corrected chi connectivity index (χ0v) is 21.8. The van der Waals surface area contributed by atoms with Crippen LogP contribution in [0.2, 0.25) is 0 Å². The van der Waals surface area contributed by atoms with E-state index in [1.807, 2.05) is 55.5 Å². The largest absolute Gasteiger partial charge is 0.494 e. The first kappa shape index (κ1) is 24.7. The fraction of sp³-hybridized carbons (Fsp3) is 0.267. The Morgan fingerprint density at radius 3 is 2.23 bits per heavy atom. The number of ether oxygens (including phenoxy) is 2. The molecule has 0 unspecified atom stereocenters. The van der Waals surface area contributed by atoms with Crippen molar-refractivity contribution in [3.63, 3.8) is 0 Å². The highest BCUT2D eigenvalue weighted by molar-refractivity contribution is 6.10. The molecule has 0 N–H and O–H groups in total. The van der Waals surface area contributed by atoms with Crippen LogP contribution in [0.15, 0.2) is 77.7 Å². The van der Waals surface area contributed by atoms with Gasteiger partial charge < -0.3 is 14.4 Å². The summed E-state index contributed by atoms with van der Waals surface area (Å²) in [4.78, 5) is 41.1. The molecule has 1 aliphatic carbocycles. The number of fused-ring (bicyclic) bond motifs is 2. The molecule has 0 radical (unpaired) electrons. The van der Waals surface area contributed by atoms with Gasteiger partial charge in [0.25, 0.3) is 11.5 Å². The molecule has 39 heavy (non-hydrogen) atoms. The fourth-order valence-electron chi connectivity index (χ4n) is 5.28. The Hall–Kier alpha value is -4.66. The van der Waals surface area contributed by atoms with Crippen molar-refractivity contribution < 1.29 is 19.1 Å². The van der Waals surface area contributed by atoms with Crippen LogP contribution in [0.5, 0.6) is 5.75 Å². The number of carbonyl (C=O) groups excluding carboxylic acids is 2. The maximum atomic E-state index is 14.1. The molecule has 4 aromatic rings. The van der Waals surface area contributed by atoms with Crippen LogP contribution < -0.4 is 15.2 Å². The molecule has 1 saturated carbocycles. The number of benzene rings is 2. The molecule has 1 spiro atoms. The average Bonchev–Trinajstić information content (AvgIpc) is 3.60. The number of anilines is 1. The van der Waals surface area contributed by atoms with Gasteiger partial charge in [-0.1, -0.05) is 6.07 Å². The molecule has 2 aromatic carbocycles. The fourth-order valence-corrected chi connectivity index (χ4v) is 5.28. The summed E-state index contributed by atoms with van der Waals surface area (Å²) in [6.07, 6.45) is 3.38. The third-order valence-electron chi connectivity index (χ3n) is 7.30. The van der Waals surface area contributed by atoms with Gasteiger partial charge in [0.05, 0.1) is 18.9 Å². The SMILES string of the molecule is CCOC(=O)c1nn(-c2ccc(OCC)cc2)c2c1C1(CC1)CN(c1ccc(-n3ccccc3=O)cc1)C2=O. The summed E-state index contributed by atoms with van der Waals surface area (Å²) >= 11 is 0. The second-order valence-electron chi connectivity index (χ2n) is 9.73. The van der Waals surface area contributed by atoms with Gasteiger partial charge in [-0.2, -0.15) is 5.10 Å². The summed E-state index contributed by atoms with van der Waals surface area (Å²) in [6, 6.07) is 19.6. The third-order valence-corrected chi connectivity index (χ3v) is 7.30. The molecule has 1 amide bonds. The van der Waals surface area contributed by atoms with E-state index in [2.05, 4.69) is 5.10 Å². The molecule has 198 valence electrons. The van der Waals surface area contributed by atoms with Crippen molar-refractivity contribution in [1.29, 1.82) is 0 Å². The molecule has 9 heteroatoms. The van der Waals surface area contributed by atoms with Crippen molar-refractivity contribution in [1.82, 2.24) is 14.3 Å². The number of hydrogen-bond acceptors (Lipinski definition) is 6. The van der Waals surface area contributed by atoms with E-state index < -0.39 is 5.97 Å². The van der Waals surface area contributed by atoms with Gasteiger partial charge in [0.1, 0.15) is 11.4 Å². The number of carbonyl (C=O) groups is 2. The van der Waals surface area contributed by atoms with Crippen molar-refractivity contribution in [2.24, 2.45) is 0 Å². The van der Waals surface area contributed by atoms with Crippen LogP contribution in [0.1, 0.15) is 53.2 Å². The standard InChI is InChI=1S/C30H28N4O5/c1-3-38-23-14-12-22(13-15-23)34-27-25(26(31-34)29(37)39-4-2)30(16-17-30)19-33(28(27)36)21-10-8-20(9-11-21)32-18-6-5-7-24(32)35/h5-15,18H,3-4,16-17,19H2,1-2H3. The number of rotatable bonds is 7. The summed E-state index contributed by atoms with van der Waals surface area (Å²) in [5, 5.41) is 4.65. The normalized spacial score (nSPS) is 15.2. The van der Waals surface area contributed by atoms with E-state index in [-0.39, 0.29) is 29.2 Å². The van der Waals surface area contributed by atoms with E-state index in [4.69, 9.17) is 9.47 Å². The lowest BCUT2D eigenvalue weighted by molar-refractivity contribution is 0.0516. The Labute approximate surface area is 225 Å². The molecule has 9 nitrogen and oxygen atoms in total. The first-order valence-electron chi connectivity index (χ1n) is 13.1. The van der Waals surface area contributed by atoms with Crippen molar-refractivity contribution in [2.75, 3.05) is 24.7 Å². The van der Waals surface area contributed by atoms with Crippen LogP contribution in [0.3, 0.4) is 0 Å². The minimum Gasteiger partial charge on any atom is -0.494 e. The molecule has 3 heterocycles. The number of esters is 1.